The summed E-state index contributed by atoms with van der Waals surface area (Å²) < 4.78 is 36.1. The standard InChI is InChI=1S/C40H40F2N8O6/c1-22(45-39(53)54)37(51)49-16-6-10-32(49)35-43-20-30(46-35)26-14-12-24(18-28(26)41)25-13-15-27(29(42)19-25)31-21-44-36(47-31)33-11-7-17-50(33)38(52)34(48-40(55)56-2)23-8-4-3-5-9-23/h3-5,8-9,12-15,18-22,32-34,45H,6-7,10-11,16-17H2,1-2H3,(H,43,46)(H,44,47)(H,48,55)(H,53,54)/t22-,32-,33-,34+/m0/s1. The number of hydrogen-bond donors (Lipinski definition) is 5. The highest BCUT2D eigenvalue weighted by molar-refractivity contribution is 5.87. The third kappa shape index (κ3) is 7.67. The van der Waals surface area contributed by atoms with Crippen LogP contribution < -0.4 is 10.6 Å². The quantitative estimate of drug-likeness (QED) is 0.107. The summed E-state index contributed by atoms with van der Waals surface area (Å²) in [6, 6.07) is 15.3. The van der Waals surface area contributed by atoms with Crippen molar-refractivity contribution in [1.82, 2.24) is 40.4 Å². The second-order valence-corrected chi connectivity index (χ2v) is 13.8. The second-order valence-electron chi connectivity index (χ2n) is 13.8. The number of ether oxygens (including phenoxy) is 1. The molecule has 2 saturated heterocycles. The van der Waals surface area contributed by atoms with Crippen LogP contribution in [0, 0.1) is 11.6 Å². The average molecular weight is 767 g/mol. The molecule has 3 aromatic carbocycles. The van der Waals surface area contributed by atoms with Gasteiger partial charge in [-0.25, -0.2) is 28.3 Å². The van der Waals surface area contributed by atoms with E-state index in [2.05, 4.69) is 30.6 Å². The molecule has 4 atom stereocenters. The number of rotatable bonds is 10. The first-order valence-electron chi connectivity index (χ1n) is 18.2. The predicted molar refractivity (Wildman–Crippen MR) is 200 cm³/mol. The molecule has 2 fully saturated rings. The van der Waals surface area contributed by atoms with E-state index >= 15 is 8.78 Å². The van der Waals surface area contributed by atoms with Gasteiger partial charge in [0.2, 0.25) is 5.91 Å². The maximum atomic E-state index is 15.7. The Morgan fingerprint density at radius 1 is 0.786 bits per heavy atom. The first-order valence-corrected chi connectivity index (χ1v) is 18.2. The average Bonchev–Trinajstić information content (AvgIpc) is 4.03. The van der Waals surface area contributed by atoms with Crippen LogP contribution >= 0.6 is 0 Å². The molecule has 0 bridgehead atoms. The van der Waals surface area contributed by atoms with Gasteiger partial charge in [0.25, 0.3) is 5.91 Å². The molecule has 0 radical (unpaired) electrons. The van der Waals surface area contributed by atoms with Gasteiger partial charge in [-0.2, -0.15) is 0 Å². The number of H-pyrrole nitrogens is 2. The highest BCUT2D eigenvalue weighted by atomic mass is 19.1. The lowest BCUT2D eigenvalue weighted by Gasteiger charge is -2.28. The Hall–Kier alpha value is -6.58. The van der Waals surface area contributed by atoms with E-state index in [4.69, 9.17) is 9.84 Å². The van der Waals surface area contributed by atoms with Crippen LogP contribution in [0.15, 0.2) is 79.1 Å². The molecule has 5 aromatic rings. The number of aromatic amines is 2. The number of likely N-dealkylation sites (tertiary alicyclic amines) is 2. The van der Waals surface area contributed by atoms with Crippen LogP contribution in [-0.2, 0) is 14.3 Å². The molecule has 2 aliphatic heterocycles. The number of carboxylic acid groups (broad SMARTS) is 1. The molecule has 56 heavy (non-hydrogen) atoms. The summed E-state index contributed by atoms with van der Waals surface area (Å²) in [5.74, 6) is -0.865. The lowest BCUT2D eigenvalue weighted by Crippen LogP contribution is -2.46. The summed E-state index contributed by atoms with van der Waals surface area (Å²) in [6.07, 6.45) is 3.62. The van der Waals surface area contributed by atoms with Gasteiger partial charge >= 0.3 is 12.2 Å². The molecule has 290 valence electrons. The first kappa shape index (κ1) is 37.7. The normalized spacial score (nSPS) is 17.7. The zero-order valence-corrected chi connectivity index (χ0v) is 30.6. The predicted octanol–water partition coefficient (Wildman–Crippen LogP) is 6.49. The summed E-state index contributed by atoms with van der Waals surface area (Å²) in [6.45, 7) is 2.37. The van der Waals surface area contributed by atoms with Crippen LogP contribution in [0.25, 0.3) is 33.6 Å². The maximum absolute atomic E-state index is 15.7. The molecule has 2 aromatic heterocycles. The van der Waals surface area contributed by atoms with E-state index in [9.17, 15) is 19.2 Å². The Labute approximate surface area is 320 Å². The maximum Gasteiger partial charge on any atom is 0.407 e. The zero-order valence-electron chi connectivity index (χ0n) is 30.6. The number of halogens is 2. The Morgan fingerprint density at radius 3 is 1.79 bits per heavy atom. The molecular formula is C40H40F2N8O6. The molecule has 14 nitrogen and oxygen atoms in total. The van der Waals surface area contributed by atoms with E-state index in [1.807, 2.05) is 6.07 Å². The molecule has 5 N–H and O–H groups in total. The lowest BCUT2D eigenvalue weighted by molar-refractivity contribution is -0.135. The number of carbonyl (C=O) groups is 4. The number of carbonyl (C=O) groups excluding carboxylic acids is 3. The summed E-state index contributed by atoms with van der Waals surface area (Å²) in [5.41, 5.74) is 2.78. The number of benzene rings is 3. The van der Waals surface area contributed by atoms with Crippen molar-refractivity contribution in [2.45, 2.75) is 56.8 Å². The van der Waals surface area contributed by atoms with Crippen LogP contribution in [0.4, 0.5) is 18.4 Å². The van der Waals surface area contributed by atoms with Gasteiger partial charge < -0.3 is 40.2 Å². The molecule has 2 aliphatic rings. The highest BCUT2D eigenvalue weighted by Gasteiger charge is 2.38. The molecule has 7 rings (SSSR count). The number of amides is 4. The fourth-order valence-electron chi connectivity index (χ4n) is 7.51. The van der Waals surface area contributed by atoms with E-state index in [1.54, 1.807) is 58.3 Å². The third-order valence-electron chi connectivity index (χ3n) is 10.3. The van der Waals surface area contributed by atoms with E-state index in [0.29, 0.717) is 78.5 Å². The minimum Gasteiger partial charge on any atom is -0.465 e. The Bertz CT molecular complexity index is 2260. The molecule has 4 amide bonds. The van der Waals surface area contributed by atoms with Gasteiger partial charge in [0.05, 0.1) is 43.0 Å². The molecule has 16 heteroatoms. The largest absolute Gasteiger partial charge is 0.465 e. The van der Waals surface area contributed by atoms with Crippen LogP contribution in [0.5, 0.6) is 0 Å². The van der Waals surface area contributed by atoms with Crippen LogP contribution in [0.3, 0.4) is 0 Å². The second kappa shape index (κ2) is 16.0. The van der Waals surface area contributed by atoms with Crippen LogP contribution in [0.2, 0.25) is 0 Å². The number of nitrogens with one attached hydrogen (secondary N) is 4. The first-order chi connectivity index (χ1) is 27.0. The molecule has 0 aliphatic carbocycles. The summed E-state index contributed by atoms with van der Waals surface area (Å²) >= 11 is 0. The van der Waals surface area contributed by atoms with Crippen molar-refractivity contribution in [1.29, 1.82) is 0 Å². The Kier molecular flexibility index (Phi) is 10.8. The van der Waals surface area contributed by atoms with Crippen molar-refractivity contribution in [3.8, 4) is 33.6 Å². The summed E-state index contributed by atoms with van der Waals surface area (Å²) in [5, 5.41) is 13.8. The fourth-order valence-corrected chi connectivity index (χ4v) is 7.51. The molecular weight excluding hydrogens is 726 g/mol. The van der Waals surface area contributed by atoms with Crippen molar-refractivity contribution in [2.24, 2.45) is 0 Å². The van der Waals surface area contributed by atoms with Crippen LogP contribution in [0.1, 0.15) is 67.9 Å². The van der Waals surface area contributed by atoms with Gasteiger partial charge in [0, 0.05) is 24.2 Å². The lowest BCUT2D eigenvalue weighted by atomic mass is 10.00. The van der Waals surface area contributed by atoms with Crippen molar-refractivity contribution in [3.05, 3.63) is 108 Å². The minimum absolute atomic E-state index is 0.238. The van der Waals surface area contributed by atoms with Crippen molar-refractivity contribution < 1.29 is 37.8 Å². The number of imidazole rings is 2. The van der Waals surface area contributed by atoms with E-state index in [0.717, 1.165) is 0 Å². The number of alkyl carbamates (subject to hydrolysis) is 1. The molecule has 0 spiro atoms. The molecule has 0 saturated carbocycles. The van der Waals surface area contributed by atoms with Crippen molar-refractivity contribution >= 4 is 24.0 Å². The zero-order chi connectivity index (χ0) is 39.5. The summed E-state index contributed by atoms with van der Waals surface area (Å²) in [7, 11) is 1.23. The van der Waals surface area contributed by atoms with Gasteiger partial charge in [0.15, 0.2) is 0 Å². The highest BCUT2D eigenvalue weighted by Crippen LogP contribution is 2.36. The number of methoxy groups -OCH3 is 1. The SMILES string of the molecule is COC(=O)N[C@@H](C(=O)N1CCC[C@H]1c1ncc(-c2ccc(-c3ccc(-c4cnc([C@@H]5CCCN5C(=O)[C@H](C)NC(=O)O)[nH]4)c(F)c3)cc2F)[nH]1)c1ccccc1. The number of nitrogens with zero attached hydrogens (tertiary/aromatic N) is 4. The number of aromatic nitrogens is 4. The van der Waals surface area contributed by atoms with Crippen molar-refractivity contribution in [2.75, 3.05) is 20.2 Å². The van der Waals surface area contributed by atoms with E-state index in [-0.39, 0.29) is 22.9 Å². The molecule has 0 unspecified atom stereocenters. The Balaban J connectivity index is 1.05. The van der Waals surface area contributed by atoms with E-state index < -0.39 is 48.0 Å². The van der Waals surface area contributed by atoms with Crippen LogP contribution in [-0.4, -0.2) is 85.1 Å². The topological polar surface area (TPSA) is 186 Å². The monoisotopic (exact) mass is 766 g/mol. The minimum atomic E-state index is -1.29. The van der Waals surface area contributed by atoms with Gasteiger partial charge in [-0.3, -0.25) is 9.59 Å². The van der Waals surface area contributed by atoms with Gasteiger partial charge in [-0.15, -0.1) is 0 Å². The Morgan fingerprint density at radius 2 is 1.30 bits per heavy atom. The van der Waals surface area contributed by atoms with E-state index in [1.165, 1.54) is 38.6 Å². The smallest absolute Gasteiger partial charge is 0.407 e. The molecule has 4 heterocycles. The number of hydrogen-bond acceptors (Lipinski definition) is 7. The summed E-state index contributed by atoms with van der Waals surface area (Å²) in [4.78, 5) is 68.5. The van der Waals surface area contributed by atoms with Gasteiger partial charge in [0.1, 0.15) is 35.4 Å². The van der Waals surface area contributed by atoms with Crippen molar-refractivity contribution in [3.63, 3.8) is 0 Å². The van der Waals surface area contributed by atoms with Gasteiger partial charge in [-0.05, 0) is 73.6 Å². The fraction of sp³-hybridized carbons (Fsp3) is 0.300. The third-order valence-corrected chi connectivity index (χ3v) is 10.3. The van der Waals surface area contributed by atoms with Gasteiger partial charge in [-0.1, -0.05) is 42.5 Å².